The minimum Gasteiger partial charge on any atom is -0.479 e. The highest BCUT2D eigenvalue weighted by molar-refractivity contribution is 9.10. The second-order valence-electron chi connectivity index (χ2n) is 7.65. The number of hydrogen-bond donors (Lipinski definition) is 1. The number of methoxy groups -OCH3 is 1. The molecule has 1 N–H and O–H groups in total. The molecule has 0 spiro atoms. The molecule has 0 saturated carbocycles. The van der Waals surface area contributed by atoms with Gasteiger partial charge in [0.15, 0.2) is 17.2 Å². The van der Waals surface area contributed by atoms with Crippen molar-refractivity contribution in [2.75, 3.05) is 45.0 Å². The van der Waals surface area contributed by atoms with Gasteiger partial charge in [-0.3, -0.25) is 0 Å². The number of hydrogen-bond acceptors (Lipinski definition) is 9. The van der Waals surface area contributed by atoms with Gasteiger partial charge < -0.3 is 19.5 Å². The number of esters is 2. The van der Waals surface area contributed by atoms with Gasteiger partial charge in [-0.05, 0) is 53.4 Å². The summed E-state index contributed by atoms with van der Waals surface area (Å²) in [6, 6.07) is 7.84. The fraction of sp³-hybridized carbons (Fsp3) is 0.455. The summed E-state index contributed by atoms with van der Waals surface area (Å²) in [5.74, 6) is -0.875. The molecule has 2 heterocycles. The molecular weight excluding hydrogens is 548 g/mol. The molecule has 1 aliphatic heterocycles. The largest absolute Gasteiger partial charge is 0.479 e. The Balaban J connectivity index is 1.80. The maximum Gasteiger partial charge on any atom is 0.351 e. The molecule has 0 bridgehead atoms. The average molecular weight is 576 g/mol. The summed E-state index contributed by atoms with van der Waals surface area (Å²) in [6.07, 6.45) is 2.65. The van der Waals surface area contributed by atoms with Crippen molar-refractivity contribution < 1.29 is 32.2 Å². The second kappa shape index (κ2) is 11.5. The number of anilines is 1. The highest BCUT2D eigenvalue weighted by atomic mass is 79.9. The molecule has 186 valence electrons. The zero-order valence-corrected chi connectivity index (χ0v) is 22.3. The first-order valence-corrected chi connectivity index (χ1v) is 14.1. The number of piperidine rings is 1. The number of rotatable bonds is 9. The monoisotopic (exact) mass is 574 g/mol. The van der Waals surface area contributed by atoms with Crippen LogP contribution in [-0.4, -0.2) is 70.4 Å². The van der Waals surface area contributed by atoms with E-state index in [0.29, 0.717) is 30.4 Å². The molecule has 1 fully saturated rings. The van der Waals surface area contributed by atoms with Crippen LogP contribution in [0, 0.1) is 0 Å². The molecule has 1 aliphatic rings. The number of benzene rings is 1. The summed E-state index contributed by atoms with van der Waals surface area (Å²) in [5.41, 5.74) is 1.72. The zero-order valence-electron chi connectivity index (χ0n) is 19.1. The van der Waals surface area contributed by atoms with E-state index >= 15 is 0 Å². The summed E-state index contributed by atoms with van der Waals surface area (Å²) in [7, 11) is -1.89. The lowest BCUT2D eigenvalue weighted by molar-refractivity contribution is -0.145. The van der Waals surface area contributed by atoms with Crippen LogP contribution in [0.1, 0.15) is 29.4 Å². The van der Waals surface area contributed by atoms with Gasteiger partial charge in [0.25, 0.3) is 0 Å². The minimum absolute atomic E-state index is 0.147. The number of nitrogens with zero attached hydrogens (tertiary/aromatic N) is 1. The molecular formula is C22H27BrN2O7S2. The molecule has 0 unspecified atom stereocenters. The summed E-state index contributed by atoms with van der Waals surface area (Å²) in [5, 5.41) is 3.48. The van der Waals surface area contributed by atoms with E-state index in [1.165, 1.54) is 29.0 Å². The first kappa shape index (κ1) is 26.5. The van der Waals surface area contributed by atoms with Gasteiger partial charge >= 0.3 is 11.9 Å². The van der Waals surface area contributed by atoms with Gasteiger partial charge in [-0.1, -0.05) is 12.1 Å². The van der Waals surface area contributed by atoms with E-state index < -0.39 is 22.0 Å². The Morgan fingerprint density at radius 3 is 2.59 bits per heavy atom. The lowest BCUT2D eigenvalue weighted by atomic mass is 10.1. The summed E-state index contributed by atoms with van der Waals surface area (Å²) in [6.45, 7) is 2.56. The van der Waals surface area contributed by atoms with E-state index in [2.05, 4.69) is 21.2 Å². The molecule has 1 saturated heterocycles. The van der Waals surface area contributed by atoms with Crippen LogP contribution in [0.5, 0.6) is 5.75 Å². The SMILES string of the molecule is CCOC(=O)COc1c(C(=O)OC)sc(-c2cccc(NC3CCN(S(C)(=O)=O)CC3)c2)c1Br. The van der Waals surface area contributed by atoms with Crippen LogP contribution in [0.25, 0.3) is 10.4 Å². The van der Waals surface area contributed by atoms with E-state index in [1.807, 2.05) is 24.3 Å². The lowest BCUT2D eigenvalue weighted by Gasteiger charge is -2.31. The van der Waals surface area contributed by atoms with Crippen molar-refractivity contribution in [3.05, 3.63) is 33.6 Å². The standard InChI is InChI=1S/C22H27BrN2O7S2/c1-4-31-17(26)13-32-19-18(23)20(33-21(19)22(27)30-2)14-6-5-7-16(12-14)24-15-8-10-25(11-9-15)34(3,28)29/h5-7,12,15,24H,4,8-11,13H2,1-3H3. The highest BCUT2D eigenvalue weighted by Gasteiger charge is 2.27. The molecule has 0 aliphatic carbocycles. The van der Waals surface area contributed by atoms with Crippen molar-refractivity contribution in [1.82, 2.24) is 4.31 Å². The number of carbonyl (C=O) groups is 2. The van der Waals surface area contributed by atoms with Crippen molar-refractivity contribution in [3.63, 3.8) is 0 Å². The molecule has 1 aromatic heterocycles. The Morgan fingerprint density at radius 1 is 1.26 bits per heavy atom. The third-order valence-electron chi connectivity index (χ3n) is 5.24. The maximum atomic E-state index is 12.3. The number of halogens is 1. The van der Waals surface area contributed by atoms with Crippen molar-refractivity contribution in [2.24, 2.45) is 0 Å². The van der Waals surface area contributed by atoms with Gasteiger partial charge in [-0.25, -0.2) is 22.3 Å². The second-order valence-corrected chi connectivity index (χ2v) is 11.4. The Kier molecular flexibility index (Phi) is 8.96. The number of sulfonamides is 1. The number of ether oxygens (including phenoxy) is 3. The number of thiophene rings is 1. The Hall–Kier alpha value is -2.15. The van der Waals surface area contributed by atoms with Crippen LogP contribution in [0.4, 0.5) is 5.69 Å². The van der Waals surface area contributed by atoms with Crippen LogP contribution in [0.3, 0.4) is 0 Å². The first-order valence-electron chi connectivity index (χ1n) is 10.6. The van der Waals surface area contributed by atoms with Gasteiger partial charge in [-0.15, -0.1) is 11.3 Å². The van der Waals surface area contributed by atoms with Crippen molar-refractivity contribution >= 4 is 54.9 Å². The van der Waals surface area contributed by atoms with Gasteiger partial charge in [-0.2, -0.15) is 0 Å². The highest BCUT2D eigenvalue weighted by Crippen LogP contribution is 2.46. The number of nitrogens with one attached hydrogen (secondary N) is 1. The molecule has 9 nitrogen and oxygen atoms in total. The van der Waals surface area contributed by atoms with Crippen molar-refractivity contribution in [3.8, 4) is 16.2 Å². The summed E-state index contributed by atoms with van der Waals surface area (Å²) >= 11 is 4.71. The van der Waals surface area contributed by atoms with Crippen LogP contribution in [-0.2, 0) is 24.3 Å². The zero-order chi connectivity index (χ0) is 24.9. The fourth-order valence-electron chi connectivity index (χ4n) is 3.59. The molecule has 0 atom stereocenters. The van der Waals surface area contributed by atoms with Crippen molar-refractivity contribution in [2.45, 2.75) is 25.8 Å². The molecule has 0 amide bonds. The minimum atomic E-state index is -3.17. The number of carbonyl (C=O) groups excluding carboxylic acids is 2. The van der Waals surface area contributed by atoms with Crippen LogP contribution in [0.2, 0.25) is 0 Å². The van der Waals surface area contributed by atoms with E-state index in [1.54, 1.807) is 6.92 Å². The normalized spacial score (nSPS) is 15.1. The topological polar surface area (TPSA) is 111 Å². The Bertz CT molecular complexity index is 1140. The fourth-order valence-corrected chi connectivity index (χ4v) is 6.43. The van der Waals surface area contributed by atoms with Crippen LogP contribution in [0.15, 0.2) is 28.7 Å². The lowest BCUT2D eigenvalue weighted by Crippen LogP contribution is -2.41. The Morgan fingerprint density at radius 2 is 1.97 bits per heavy atom. The van der Waals surface area contributed by atoms with E-state index in [4.69, 9.17) is 14.2 Å². The van der Waals surface area contributed by atoms with E-state index in [9.17, 15) is 18.0 Å². The summed E-state index contributed by atoms with van der Waals surface area (Å²) < 4.78 is 40.9. The van der Waals surface area contributed by atoms with Gasteiger partial charge in [0.05, 0.1) is 29.3 Å². The van der Waals surface area contributed by atoms with Gasteiger partial charge in [0, 0.05) is 24.8 Å². The van der Waals surface area contributed by atoms with Crippen molar-refractivity contribution in [1.29, 1.82) is 0 Å². The Labute approximate surface area is 211 Å². The van der Waals surface area contributed by atoms with E-state index in [0.717, 1.165) is 16.1 Å². The third kappa shape index (κ3) is 6.49. The molecule has 0 radical (unpaired) electrons. The molecule has 12 heteroatoms. The van der Waals surface area contributed by atoms with Gasteiger partial charge in [0.1, 0.15) is 0 Å². The van der Waals surface area contributed by atoms with Gasteiger partial charge in [0.2, 0.25) is 10.0 Å². The summed E-state index contributed by atoms with van der Waals surface area (Å²) in [4.78, 5) is 25.1. The molecule has 34 heavy (non-hydrogen) atoms. The molecule has 3 rings (SSSR count). The predicted octanol–water partition coefficient (Wildman–Crippen LogP) is 3.74. The van der Waals surface area contributed by atoms with Crippen LogP contribution >= 0.6 is 27.3 Å². The molecule has 2 aromatic rings. The molecule has 1 aromatic carbocycles. The maximum absolute atomic E-state index is 12.3. The predicted molar refractivity (Wildman–Crippen MR) is 134 cm³/mol. The van der Waals surface area contributed by atoms with E-state index in [-0.39, 0.29) is 29.9 Å². The smallest absolute Gasteiger partial charge is 0.351 e. The average Bonchev–Trinajstić information content (AvgIpc) is 3.13. The quantitative estimate of drug-likeness (QED) is 0.451. The first-order chi connectivity index (χ1) is 16.1. The van der Waals surface area contributed by atoms with Crippen LogP contribution < -0.4 is 10.1 Å². The third-order valence-corrected chi connectivity index (χ3v) is 8.76.